The first-order valence-electron chi connectivity index (χ1n) is 5.47. The topological polar surface area (TPSA) is 38.9 Å². The summed E-state index contributed by atoms with van der Waals surface area (Å²) in [6.45, 7) is 0. The van der Waals surface area contributed by atoms with E-state index >= 15 is 0 Å². The lowest BCUT2D eigenvalue weighted by atomic mass is 9.94. The molecule has 6 heteroatoms. The summed E-state index contributed by atoms with van der Waals surface area (Å²) in [6, 6.07) is 6.16. The van der Waals surface area contributed by atoms with Crippen LogP contribution in [0, 0.1) is 0 Å². The van der Waals surface area contributed by atoms with Crippen LogP contribution in [0.4, 0.5) is 13.2 Å². The summed E-state index contributed by atoms with van der Waals surface area (Å²) in [5.74, 6) is 0.374. The molecule has 0 bridgehead atoms. The molecule has 3 rings (SSSR count). The predicted molar refractivity (Wildman–Crippen MR) is 56.7 cm³/mol. The van der Waals surface area contributed by atoms with E-state index in [4.69, 9.17) is 0 Å². The fourth-order valence-electron chi connectivity index (χ4n) is 2.10. The van der Waals surface area contributed by atoms with E-state index in [1.165, 1.54) is 18.5 Å². The van der Waals surface area contributed by atoms with Gasteiger partial charge < -0.3 is 4.52 Å². The smallest absolute Gasteiger partial charge is 0.342 e. The van der Waals surface area contributed by atoms with Crippen LogP contribution >= 0.6 is 0 Å². The zero-order chi connectivity index (χ0) is 12.8. The van der Waals surface area contributed by atoms with E-state index in [2.05, 4.69) is 14.7 Å². The third kappa shape index (κ3) is 1.60. The molecule has 1 heterocycles. The van der Waals surface area contributed by atoms with Gasteiger partial charge in [-0.2, -0.15) is 18.2 Å². The van der Waals surface area contributed by atoms with E-state index in [1.54, 1.807) is 12.1 Å². The molecule has 1 aromatic heterocycles. The summed E-state index contributed by atoms with van der Waals surface area (Å²) in [5, 5.41) is 3.63. The maximum Gasteiger partial charge on any atom is 0.398 e. The fraction of sp³-hybridized carbons (Fsp3) is 0.333. The van der Waals surface area contributed by atoms with Crippen molar-refractivity contribution >= 4 is 0 Å². The summed E-state index contributed by atoms with van der Waals surface area (Å²) in [7, 11) is 0. The Bertz CT molecular complexity index is 542. The molecule has 0 N–H and O–H groups in total. The van der Waals surface area contributed by atoms with Gasteiger partial charge in [0.15, 0.2) is 0 Å². The van der Waals surface area contributed by atoms with Gasteiger partial charge in [-0.25, -0.2) is 0 Å². The Morgan fingerprint density at radius 2 is 1.78 bits per heavy atom. The maximum absolute atomic E-state index is 12.9. The average Bonchev–Trinajstić information content (AvgIpc) is 2.99. The van der Waals surface area contributed by atoms with Gasteiger partial charge in [-0.15, -0.1) is 0 Å². The Balaban J connectivity index is 1.93. The van der Waals surface area contributed by atoms with Crippen LogP contribution in [-0.2, 0) is 5.41 Å². The van der Waals surface area contributed by atoms with Gasteiger partial charge in [-0.1, -0.05) is 29.4 Å². The van der Waals surface area contributed by atoms with Gasteiger partial charge in [-0.3, -0.25) is 0 Å². The minimum atomic E-state index is -4.18. The Morgan fingerprint density at radius 1 is 1.11 bits per heavy atom. The minimum absolute atomic E-state index is 0.165. The zero-order valence-corrected chi connectivity index (χ0v) is 9.24. The van der Waals surface area contributed by atoms with Crippen LogP contribution in [0.25, 0.3) is 11.4 Å². The van der Waals surface area contributed by atoms with Crippen molar-refractivity contribution in [2.24, 2.45) is 0 Å². The SMILES string of the molecule is FC(F)(F)C1(c2ccc(-c3ncon3)cc2)CC1. The molecule has 18 heavy (non-hydrogen) atoms. The molecule has 0 saturated heterocycles. The summed E-state index contributed by atoms with van der Waals surface area (Å²) < 4.78 is 43.3. The highest BCUT2D eigenvalue weighted by Gasteiger charge is 2.64. The molecule has 0 atom stereocenters. The van der Waals surface area contributed by atoms with Crippen LogP contribution < -0.4 is 0 Å². The third-order valence-electron chi connectivity index (χ3n) is 3.35. The summed E-state index contributed by atoms with van der Waals surface area (Å²) in [4.78, 5) is 3.84. The second-order valence-corrected chi connectivity index (χ2v) is 4.41. The summed E-state index contributed by atoms with van der Waals surface area (Å²) in [5.41, 5.74) is -0.685. The first kappa shape index (κ1) is 11.3. The molecule has 0 amide bonds. The van der Waals surface area contributed by atoms with Crippen LogP contribution in [0.3, 0.4) is 0 Å². The van der Waals surface area contributed by atoms with Gasteiger partial charge in [0, 0.05) is 5.56 Å². The van der Waals surface area contributed by atoms with E-state index < -0.39 is 11.6 Å². The Labute approximate surface area is 101 Å². The minimum Gasteiger partial charge on any atom is -0.342 e. The molecule has 1 aliphatic carbocycles. The molecule has 1 aromatic carbocycles. The van der Waals surface area contributed by atoms with E-state index in [0.29, 0.717) is 17.0 Å². The van der Waals surface area contributed by atoms with E-state index in [9.17, 15) is 13.2 Å². The molecular formula is C12H9F3N2O. The number of hydrogen-bond donors (Lipinski definition) is 0. The highest BCUT2D eigenvalue weighted by molar-refractivity contribution is 5.55. The fourth-order valence-corrected chi connectivity index (χ4v) is 2.10. The number of hydrogen-bond acceptors (Lipinski definition) is 3. The number of alkyl halides is 3. The van der Waals surface area contributed by atoms with E-state index in [-0.39, 0.29) is 12.8 Å². The first-order chi connectivity index (χ1) is 8.53. The Morgan fingerprint density at radius 3 is 2.22 bits per heavy atom. The van der Waals surface area contributed by atoms with Gasteiger partial charge in [-0.05, 0) is 18.4 Å². The Hall–Kier alpha value is -1.85. The van der Waals surface area contributed by atoms with E-state index in [1.807, 2.05) is 0 Å². The maximum atomic E-state index is 12.9. The van der Waals surface area contributed by atoms with Gasteiger partial charge >= 0.3 is 6.18 Å². The van der Waals surface area contributed by atoms with Gasteiger partial charge in [0.25, 0.3) is 0 Å². The highest BCUT2D eigenvalue weighted by atomic mass is 19.4. The largest absolute Gasteiger partial charge is 0.398 e. The standard InChI is InChI=1S/C12H9F3N2O/c13-12(14,15)11(5-6-11)9-3-1-8(2-4-9)10-16-7-18-17-10/h1-4,7H,5-6H2. The van der Waals surface area contributed by atoms with Crippen molar-refractivity contribution in [3.63, 3.8) is 0 Å². The lowest BCUT2D eigenvalue weighted by molar-refractivity contribution is -0.160. The van der Waals surface area contributed by atoms with Crippen molar-refractivity contribution in [2.75, 3.05) is 0 Å². The average molecular weight is 254 g/mol. The monoisotopic (exact) mass is 254 g/mol. The normalized spacial score (nSPS) is 17.7. The van der Waals surface area contributed by atoms with Crippen LogP contribution in [0.5, 0.6) is 0 Å². The molecule has 1 fully saturated rings. The number of halogens is 3. The number of aromatic nitrogens is 2. The highest BCUT2D eigenvalue weighted by Crippen LogP contribution is 2.58. The van der Waals surface area contributed by atoms with Gasteiger partial charge in [0.2, 0.25) is 12.2 Å². The lowest BCUT2D eigenvalue weighted by Crippen LogP contribution is -2.28. The zero-order valence-electron chi connectivity index (χ0n) is 9.24. The van der Waals surface area contributed by atoms with Crippen molar-refractivity contribution in [1.29, 1.82) is 0 Å². The van der Waals surface area contributed by atoms with Crippen molar-refractivity contribution in [3.05, 3.63) is 36.2 Å². The predicted octanol–water partition coefficient (Wildman–Crippen LogP) is 3.33. The molecule has 94 valence electrons. The second kappa shape index (κ2) is 3.57. The second-order valence-electron chi connectivity index (χ2n) is 4.41. The quantitative estimate of drug-likeness (QED) is 0.825. The number of benzene rings is 1. The van der Waals surface area contributed by atoms with Crippen LogP contribution in [-0.4, -0.2) is 16.3 Å². The lowest BCUT2D eigenvalue weighted by Gasteiger charge is -2.19. The van der Waals surface area contributed by atoms with Crippen molar-refractivity contribution < 1.29 is 17.7 Å². The van der Waals surface area contributed by atoms with Crippen LogP contribution in [0.1, 0.15) is 18.4 Å². The van der Waals surface area contributed by atoms with Crippen LogP contribution in [0.15, 0.2) is 35.2 Å². The van der Waals surface area contributed by atoms with Gasteiger partial charge in [0.1, 0.15) is 0 Å². The molecular weight excluding hydrogens is 245 g/mol. The molecule has 1 saturated carbocycles. The van der Waals surface area contributed by atoms with E-state index in [0.717, 1.165) is 0 Å². The number of rotatable bonds is 2. The van der Waals surface area contributed by atoms with Crippen LogP contribution in [0.2, 0.25) is 0 Å². The summed E-state index contributed by atoms with van der Waals surface area (Å²) >= 11 is 0. The molecule has 0 radical (unpaired) electrons. The van der Waals surface area contributed by atoms with Gasteiger partial charge in [0.05, 0.1) is 5.41 Å². The molecule has 0 unspecified atom stereocenters. The van der Waals surface area contributed by atoms with Crippen molar-refractivity contribution in [2.45, 2.75) is 24.4 Å². The first-order valence-corrected chi connectivity index (χ1v) is 5.47. The summed E-state index contributed by atoms with van der Waals surface area (Å²) in [6.07, 6.45) is -2.67. The molecule has 2 aromatic rings. The van der Waals surface area contributed by atoms with Crippen molar-refractivity contribution in [1.82, 2.24) is 10.1 Å². The molecule has 3 nitrogen and oxygen atoms in total. The molecule has 0 spiro atoms. The number of nitrogens with zero attached hydrogens (tertiary/aromatic N) is 2. The van der Waals surface area contributed by atoms with Crippen molar-refractivity contribution in [3.8, 4) is 11.4 Å². The third-order valence-corrected chi connectivity index (χ3v) is 3.35. The Kier molecular flexibility index (Phi) is 2.23. The molecule has 1 aliphatic rings. The molecule has 0 aliphatic heterocycles.